The highest BCUT2D eigenvalue weighted by Gasteiger charge is 2.28. The van der Waals surface area contributed by atoms with E-state index >= 15 is 0 Å². The lowest BCUT2D eigenvalue weighted by Gasteiger charge is -2.33. The molecule has 0 saturated heterocycles. The second kappa shape index (κ2) is 9.52. The summed E-state index contributed by atoms with van der Waals surface area (Å²) >= 11 is 0. The van der Waals surface area contributed by atoms with Crippen LogP contribution in [0.15, 0.2) is 42.1 Å². The molecule has 162 valence electrons. The number of hydrogen-bond acceptors (Lipinski definition) is 3. The molecule has 3 N–H and O–H groups in total. The second-order valence-corrected chi connectivity index (χ2v) is 8.88. The number of ether oxygens (including phenoxy) is 1. The first-order valence-electron chi connectivity index (χ1n) is 10.9. The summed E-state index contributed by atoms with van der Waals surface area (Å²) in [7, 11) is 1.99. The van der Waals surface area contributed by atoms with Crippen LogP contribution in [0.3, 0.4) is 0 Å². The number of carbonyl (C=O) groups is 1. The number of fused-ring (bicyclic) bond motifs is 1. The predicted molar refractivity (Wildman–Crippen MR) is 124 cm³/mol. The average Bonchev–Trinajstić information content (AvgIpc) is 3.15. The van der Waals surface area contributed by atoms with Gasteiger partial charge in [-0.2, -0.15) is 0 Å². The van der Waals surface area contributed by atoms with Crippen LogP contribution in [0, 0.1) is 5.41 Å². The van der Waals surface area contributed by atoms with Crippen LogP contribution in [-0.2, 0) is 4.74 Å². The first-order chi connectivity index (χ1) is 14.3. The molecule has 30 heavy (non-hydrogen) atoms. The Morgan fingerprint density at radius 2 is 2.07 bits per heavy atom. The van der Waals surface area contributed by atoms with Crippen molar-refractivity contribution in [2.75, 3.05) is 26.8 Å². The molecule has 1 aromatic carbocycles. The summed E-state index contributed by atoms with van der Waals surface area (Å²) in [4.78, 5) is 15.9. The largest absolute Gasteiger partial charge is 0.391 e. The van der Waals surface area contributed by atoms with Crippen molar-refractivity contribution < 1.29 is 9.53 Å². The Balaban J connectivity index is 1.75. The standard InChI is InChI=1S/C25H35N3O2/c1-6-12-30-13-11-27-24(29)18-7-8-21-19(14-18)15-22(28-21)17(2)20-9-10-25(3,4)16-23(20)26-5/h7-8,14-15,26,28H,2,6,9-13,16H2,1,3-5H3,(H,27,29). The molecule has 0 bridgehead atoms. The van der Waals surface area contributed by atoms with Gasteiger partial charge in [-0.05, 0) is 66.5 Å². The molecule has 0 atom stereocenters. The molecular weight excluding hydrogens is 374 g/mol. The Hall–Kier alpha value is -2.53. The highest BCUT2D eigenvalue weighted by atomic mass is 16.5. The SMILES string of the molecule is C=C(C1=C(NC)CC(C)(C)CC1)c1cc2cc(C(=O)NCCOCCC)ccc2[nH]1. The Kier molecular flexibility index (Phi) is 7.03. The predicted octanol–water partition coefficient (Wildman–Crippen LogP) is 5.02. The van der Waals surface area contributed by atoms with Gasteiger partial charge < -0.3 is 20.4 Å². The third-order valence-electron chi connectivity index (χ3n) is 5.83. The summed E-state index contributed by atoms with van der Waals surface area (Å²) in [6.07, 6.45) is 4.19. The molecule has 0 fully saturated rings. The quantitative estimate of drug-likeness (QED) is 0.510. The molecule has 3 rings (SSSR count). The maximum atomic E-state index is 12.4. The third kappa shape index (κ3) is 5.14. The topological polar surface area (TPSA) is 66.2 Å². The van der Waals surface area contributed by atoms with E-state index in [0.717, 1.165) is 54.5 Å². The zero-order valence-corrected chi connectivity index (χ0v) is 18.8. The molecule has 0 unspecified atom stereocenters. The first kappa shape index (κ1) is 22.2. The van der Waals surface area contributed by atoms with Crippen LogP contribution in [0.5, 0.6) is 0 Å². The van der Waals surface area contributed by atoms with Crippen molar-refractivity contribution in [3.8, 4) is 0 Å². The van der Waals surface area contributed by atoms with E-state index in [4.69, 9.17) is 4.74 Å². The van der Waals surface area contributed by atoms with Gasteiger partial charge in [0, 0.05) is 48.1 Å². The summed E-state index contributed by atoms with van der Waals surface area (Å²) in [5.74, 6) is -0.0757. The van der Waals surface area contributed by atoms with Gasteiger partial charge in [-0.1, -0.05) is 27.4 Å². The maximum absolute atomic E-state index is 12.4. The normalized spacial score (nSPS) is 16.0. The molecular formula is C25H35N3O2. The van der Waals surface area contributed by atoms with E-state index in [2.05, 4.69) is 49.0 Å². The second-order valence-electron chi connectivity index (χ2n) is 8.88. The smallest absolute Gasteiger partial charge is 0.251 e. The fourth-order valence-corrected chi connectivity index (χ4v) is 4.04. The lowest BCUT2D eigenvalue weighted by molar-refractivity contribution is 0.0915. The molecule has 1 amide bonds. The van der Waals surface area contributed by atoms with Crippen molar-refractivity contribution in [2.24, 2.45) is 5.41 Å². The van der Waals surface area contributed by atoms with E-state index in [1.807, 2.05) is 25.2 Å². The minimum absolute atomic E-state index is 0.0757. The van der Waals surface area contributed by atoms with Crippen LogP contribution < -0.4 is 10.6 Å². The number of amides is 1. The van der Waals surface area contributed by atoms with Gasteiger partial charge in [0.05, 0.1) is 6.61 Å². The van der Waals surface area contributed by atoms with Gasteiger partial charge in [-0.15, -0.1) is 0 Å². The van der Waals surface area contributed by atoms with Gasteiger partial charge >= 0.3 is 0 Å². The van der Waals surface area contributed by atoms with Crippen molar-refractivity contribution in [1.82, 2.24) is 15.6 Å². The monoisotopic (exact) mass is 409 g/mol. The fourth-order valence-electron chi connectivity index (χ4n) is 4.04. The third-order valence-corrected chi connectivity index (χ3v) is 5.83. The van der Waals surface area contributed by atoms with Crippen molar-refractivity contribution in [1.29, 1.82) is 0 Å². The maximum Gasteiger partial charge on any atom is 0.251 e. The van der Waals surface area contributed by atoms with E-state index in [1.54, 1.807) is 0 Å². The van der Waals surface area contributed by atoms with E-state index in [-0.39, 0.29) is 5.91 Å². The summed E-state index contributed by atoms with van der Waals surface area (Å²) in [6.45, 7) is 12.9. The minimum atomic E-state index is -0.0757. The number of hydrogen-bond donors (Lipinski definition) is 3. The highest BCUT2D eigenvalue weighted by Crippen LogP contribution is 2.41. The van der Waals surface area contributed by atoms with Crippen LogP contribution in [0.1, 0.15) is 62.5 Å². The van der Waals surface area contributed by atoms with Crippen LogP contribution in [0.2, 0.25) is 0 Å². The molecule has 0 spiro atoms. The van der Waals surface area contributed by atoms with Crippen LogP contribution in [-0.4, -0.2) is 37.7 Å². The lowest BCUT2D eigenvalue weighted by atomic mass is 9.75. The molecule has 0 saturated carbocycles. The van der Waals surface area contributed by atoms with Crippen LogP contribution >= 0.6 is 0 Å². The van der Waals surface area contributed by atoms with Gasteiger partial charge in [0.1, 0.15) is 0 Å². The number of aromatic nitrogens is 1. The van der Waals surface area contributed by atoms with Gasteiger partial charge in [-0.25, -0.2) is 0 Å². The number of allylic oxidation sites excluding steroid dienone is 3. The zero-order valence-electron chi connectivity index (χ0n) is 18.8. The van der Waals surface area contributed by atoms with Gasteiger partial charge in [0.15, 0.2) is 0 Å². The first-order valence-corrected chi connectivity index (χ1v) is 10.9. The summed E-state index contributed by atoms with van der Waals surface area (Å²) < 4.78 is 5.42. The Labute approximate surface area is 180 Å². The number of nitrogens with one attached hydrogen (secondary N) is 3. The van der Waals surface area contributed by atoms with Gasteiger partial charge in [0.2, 0.25) is 0 Å². The van der Waals surface area contributed by atoms with Crippen molar-refractivity contribution in [3.05, 3.63) is 53.4 Å². The Morgan fingerprint density at radius 1 is 1.27 bits per heavy atom. The lowest BCUT2D eigenvalue weighted by Crippen LogP contribution is -2.27. The van der Waals surface area contributed by atoms with Gasteiger partial charge in [-0.3, -0.25) is 4.79 Å². The molecule has 1 aliphatic rings. The summed E-state index contributed by atoms with van der Waals surface area (Å²) in [5.41, 5.74) is 6.60. The number of benzene rings is 1. The Bertz CT molecular complexity index is 952. The summed E-state index contributed by atoms with van der Waals surface area (Å²) in [6, 6.07) is 7.85. The molecule has 1 aromatic heterocycles. The van der Waals surface area contributed by atoms with Crippen LogP contribution in [0.4, 0.5) is 0 Å². The summed E-state index contributed by atoms with van der Waals surface area (Å²) in [5, 5.41) is 7.33. The molecule has 2 aromatic rings. The van der Waals surface area contributed by atoms with E-state index in [0.29, 0.717) is 24.1 Å². The molecule has 1 heterocycles. The van der Waals surface area contributed by atoms with Crippen molar-refractivity contribution in [2.45, 2.75) is 46.5 Å². The van der Waals surface area contributed by atoms with E-state index in [9.17, 15) is 4.79 Å². The zero-order chi connectivity index (χ0) is 21.7. The van der Waals surface area contributed by atoms with Crippen LogP contribution in [0.25, 0.3) is 16.5 Å². The van der Waals surface area contributed by atoms with Gasteiger partial charge in [0.25, 0.3) is 5.91 Å². The number of aromatic amines is 1. The average molecular weight is 410 g/mol. The number of H-pyrrole nitrogens is 1. The minimum Gasteiger partial charge on any atom is -0.391 e. The van der Waals surface area contributed by atoms with Crippen molar-refractivity contribution in [3.63, 3.8) is 0 Å². The van der Waals surface area contributed by atoms with E-state index in [1.165, 1.54) is 11.3 Å². The van der Waals surface area contributed by atoms with E-state index < -0.39 is 0 Å². The molecule has 0 radical (unpaired) electrons. The number of rotatable bonds is 9. The molecule has 5 nitrogen and oxygen atoms in total. The van der Waals surface area contributed by atoms with Crippen molar-refractivity contribution >= 4 is 22.4 Å². The Morgan fingerprint density at radius 3 is 2.80 bits per heavy atom. The molecule has 0 aliphatic heterocycles. The molecule has 1 aliphatic carbocycles. The number of carbonyl (C=O) groups excluding carboxylic acids is 1. The fraction of sp³-hybridized carbons (Fsp3) is 0.480. The molecule has 5 heteroatoms. The highest BCUT2D eigenvalue weighted by molar-refractivity contribution is 5.99.